The molecule has 0 aromatic heterocycles. The summed E-state index contributed by atoms with van der Waals surface area (Å²) in [5.41, 5.74) is 5.14. The molecule has 0 heterocycles. The van der Waals surface area contributed by atoms with Crippen molar-refractivity contribution in [3.05, 3.63) is 94.0 Å². The Labute approximate surface area is 197 Å². The molecule has 0 aliphatic carbocycles. The van der Waals surface area contributed by atoms with Gasteiger partial charge in [0.05, 0.1) is 6.21 Å². The molecule has 3 rings (SSSR count). The second-order valence-corrected chi connectivity index (χ2v) is 8.24. The Morgan fingerprint density at radius 2 is 1.75 bits per heavy atom. The van der Waals surface area contributed by atoms with Crippen molar-refractivity contribution in [1.29, 1.82) is 0 Å². The summed E-state index contributed by atoms with van der Waals surface area (Å²) in [7, 11) is 0. The van der Waals surface area contributed by atoms with Gasteiger partial charge in [-0.25, -0.2) is 5.43 Å². The van der Waals surface area contributed by atoms with Gasteiger partial charge in [-0.1, -0.05) is 60.1 Å². The summed E-state index contributed by atoms with van der Waals surface area (Å²) in [6.45, 7) is 5.20. The highest BCUT2D eigenvalue weighted by atomic mass is 79.9. The number of nitrogens with one attached hydrogen (secondary N) is 1. The molecule has 3 aromatic rings. The number of ether oxygens (including phenoxy) is 2. The number of hydrazone groups is 1. The van der Waals surface area contributed by atoms with Crippen LogP contribution < -0.4 is 14.9 Å². The van der Waals surface area contributed by atoms with E-state index in [2.05, 4.69) is 52.4 Å². The van der Waals surface area contributed by atoms with Crippen LogP contribution in [0.5, 0.6) is 11.5 Å². The van der Waals surface area contributed by atoms with Crippen molar-refractivity contribution in [2.45, 2.75) is 26.2 Å². The summed E-state index contributed by atoms with van der Waals surface area (Å²) < 4.78 is 12.6. The van der Waals surface area contributed by atoms with E-state index in [1.54, 1.807) is 30.5 Å². The Balaban J connectivity index is 1.53. The first-order chi connectivity index (χ1) is 15.6. The quantitative estimate of drug-likeness (QED) is 0.208. The minimum atomic E-state index is -0.271. The largest absolute Gasteiger partial charge is 0.490 e. The van der Waals surface area contributed by atoms with Gasteiger partial charge in [-0.15, -0.1) is 0 Å². The fourth-order valence-corrected chi connectivity index (χ4v) is 3.38. The fourth-order valence-electron chi connectivity index (χ4n) is 3.01. The summed E-state index contributed by atoms with van der Waals surface area (Å²) in [5.74, 6) is 1.75. The van der Waals surface area contributed by atoms with E-state index in [9.17, 15) is 4.79 Å². The zero-order valence-corrected chi connectivity index (χ0v) is 19.8. The molecule has 0 bridgehead atoms. The van der Waals surface area contributed by atoms with Crippen molar-refractivity contribution >= 4 is 28.1 Å². The number of halogens is 1. The van der Waals surface area contributed by atoms with Gasteiger partial charge < -0.3 is 9.47 Å². The molecular weight excluding hydrogens is 468 g/mol. The van der Waals surface area contributed by atoms with Crippen LogP contribution in [-0.2, 0) is 0 Å². The Kier molecular flexibility index (Phi) is 8.87. The van der Waals surface area contributed by atoms with Crippen LogP contribution in [0.25, 0.3) is 0 Å². The maximum absolute atomic E-state index is 12.1. The topological polar surface area (TPSA) is 59.9 Å². The van der Waals surface area contributed by atoms with E-state index in [0.29, 0.717) is 30.4 Å². The smallest absolute Gasteiger partial charge is 0.271 e. The third-order valence-electron chi connectivity index (χ3n) is 5.05. The van der Waals surface area contributed by atoms with Gasteiger partial charge in [0.25, 0.3) is 5.91 Å². The van der Waals surface area contributed by atoms with Crippen molar-refractivity contribution in [3.63, 3.8) is 0 Å². The minimum absolute atomic E-state index is 0.271. The highest BCUT2D eigenvalue weighted by Crippen LogP contribution is 2.23. The molecule has 0 fully saturated rings. The minimum Gasteiger partial charge on any atom is -0.490 e. The lowest BCUT2D eigenvalue weighted by Crippen LogP contribution is -2.17. The number of hydrogen-bond donors (Lipinski definition) is 1. The summed E-state index contributed by atoms with van der Waals surface area (Å²) in [6.07, 6.45) is 2.68. The average molecular weight is 495 g/mol. The number of hydrogen-bond acceptors (Lipinski definition) is 4. The summed E-state index contributed by atoms with van der Waals surface area (Å²) in [6, 6.07) is 22.8. The van der Waals surface area contributed by atoms with Crippen molar-refractivity contribution in [1.82, 2.24) is 5.43 Å². The van der Waals surface area contributed by atoms with E-state index < -0.39 is 0 Å². The number of carbonyl (C=O) groups excluding carboxylic acids is 1. The van der Waals surface area contributed by atoms with Crippen LogP contribution in [0.2, 0.25) is 0 Å². The zero-order chi connectivity index (χ0) is 22.8. The highest BCUT2D eigenvalue weighted by Gasteiger charge is 2.06. The van der Waals surface area contributed by atoms with Crippen molar-refractivity contribution in [2.24, 2.45) is 5.10 Å². The standard InChI is InChI=1S/C26H27BrN2O3/c1-3-19(2)20-9-12-24(13-10-20)31-15-16-32-25-14-11-23(27)17-22(25)18-28-29-26(30)21-7-5-4-6-8-21/h4-14,17-19H,3,15-16H2,1-2H3,(H,29,30). The summed E-state index contributed by atoms with van der Waals surface area (Å²) in [5, 5.41) is 4.07. The van der Waals surface area contributed by atoms with Gasteiger partial charge in [0.1, 0.15) is 24.7 Å². The van der Waals surface area contributed by atoms with Gasteiger partial charge in [0.15, 0.2) is 0 Å². The van der Waals surface area contributed by atoms with E-state index in [-0.39, 0.29) is 5.91 Å². The Morgan fingerprint density at radius 3 is 2.47 bits per heavy atom. The van der Waals surface area contributed by atoms with Crippen LogP contribution >= 0.6 is 15.9 Å². The molecule has 1 atom stereocenters. The third-order valence-corrected chi connectivity index (χ3v) is 5.54. The molecule has 0 aliphatic rings. The monoisotopic (exact) mass is 494 g/mol. The molecule has 1 unspecified atom stereocenters. The normalized spacial score (nSPS) is 11.8. The van der Waals surface area contributed by atoms with Crippen LogP contribution in [-0.4, -0.2) is 25.3 Å². The fraction of sp³-hybridized carbons (Fsp3) is 0.231. The van der Waals surface area contributed by atoms with Crippen molar-refractivity contribution in [3.8, 4) is 11.5 Å². The molecule has 0 aliphatic heterocycles. The predicted octanol–water partition coefficient (Wildman–Crippen LogP) is 6.18. The van der Waals surface area contributed by atoms with Crippen LogP contribution in [0, 0.1) is 0 Å². The van der Waals surface area contributed by atoms with E-state index in [1.165, 1.54) is 5.56 Å². The maximum atomic E-state index is 12.1. The molecule has 6 heteroatoms. The van der Waals surface area contributed by atoms with E-state index in [0.717, 1.165) is 22.2 Å². The Hall–Kier alpha value is -3.12. The third kappa shape index (κ3) is 6.95. The van der Waals surface area contributed by atoms with Gasteiger partial charge in [0, 0.05) is 15.6 Å². The van der Waals surface area contributed by atoms with Crippen LogP contribution in [0.1, 0.15) is 47.7 Å². The lowest BCUT2D eigenvalue weighted by molar-refractivity contribution is 0.0955. The number of amides is 1. The SMILES string of the molecule is CCC(C)c1ccc(OCCOc2ccc(Br)cc2C=NNC(=O)c2ccccc2)cc1. The van der Waals surface area contributed by atoms with E-state index in [4.69, 9.17) is 9.47 Å². The summed E-state index contributed by atoms with van der Waals surface area (Å²) >= 11 is 3.46. The summed E-state index contributed by atoms with van der Waals surface area (Å²) in [4.78, 5) is 12.1. The number of nitrogens with zero attached hydrogens (tertiary/aromatic N) is 1. The molecular formula is C26H27BrN2O3. The molecule has 0 spiro atoms. The second-order valence-electron chi connectivity index (χ2n) is 7.32. The van der Waals surface area contributed by atoms with Gasteiger partial charge in [-0.3, -0.25) is 4.79 Å². The molecule has 0 saturated carbocycles. The van der Waals surface area contributed by atoms with E-state index >= 15 is 0 Å². The molecule has 166 valence electrons. The van der Waals surface area contributed by atoms with Gasteiger partial charge in [-0.05, 0) is 60.4 Å². The van der Waals surface area contributed by atoms with Gasteiger partial charge in [-0.2, -0.15) is 5.10 Å². The van der Waals surface area contributed by atoms with Crippen LogP contribution in [0.4, 0.5) is 0 Å². The van der Waals surface area contributed by atoms with Crippen molar-refractivity contribution < 1.29 is 14.3 Å². The number of benzene rings is 3. The average Bonchev–Trinajstić information content (AvgIpc) is 2.83. The van der Waals surface area contributed by atoms with Crippen LogP contribution in [0.3, 0.4) is 0 Å². The zero-order valence-electron chi connectivity index (χ0n) is 18.3. The second kappa shape index (κ2) is 12.1. The Morgan fingerprint density at radius 1 is 1.03 bits per heavy atom. The molecule has 3 aromatic carbocycles. The first-order valence-electron chi connectivity index (χ1n) is 10.6. The van der Waals surface area contributed by atoms with Crippen molar-refractivity contribution in [2.75, 3.05) is 13.2 Å². The molecule has 1 amide bonds. The number of carbonyl (C=O) groups is 1. The molecule has 0 saturated heterocycles. The van der Waals surface area contributed by atoms with Gasteiger partial charge >= 0.3 is 0 Å². The Bertz CT molecular complexity index is 1040. The molecule has 5 nitrogen and oxygen atoms in total. The lowest BCUT2D eigenvalue weighted by atomic mass is 9.99. The van der Waals surface area contributed by atoms with E-state index in [1.807, 2.05) is 36.4 Å². The molecule has 1 N–H and O–H groups in total. The molecule has 32 heavy (non-hydrogen) atoms. The van der Waals surface area contributed by atoms with Gasteiger partial charge in [0.2, 0.25) is 0 Å². The first kappa shape index (κ1) is 23.5. The predicted molar refractivity (Wildman–Crippen MR) is 132 cm³/mol. The highest BCUT2D eigenvalue weighted by molar-refractivity contribution is 9.10. The van der Waals surface area contributed by atoms with Crippen LogP contribution in [0.15, 0.2) is 82.4 Å². The lowest BCUT2D eigenvalue weighted by Gasteiger charge is -2.12. The maximum Gasteiger partial charge on any atom is 0.271 e. The number of rotatable bonds is 10. The molecule has 0 radical (unpaired) electrons. The first-order valence-corrected chi connectivity index (χ1v) is 11.4.